The zero-order valence-corrected chi connectivity index (χ0v) is 56.6. The fourth-order valence-electron chi connectivity index (χ4n) is 12.5. The molecule has 0 aliphatic heterocycles. The number of amidine groups is 1. The van der Waals surface area contributed by atoms with Crippen molar-refractivity contribution < 1.29 is 86.6 Å². The van der Waals surface area contributed by atoms with E-state index in [1.165, 1.54) is 13.8 Å². The van der Waals surface area contributed by atoms with Crippen LogP contribution in [0.4, 0.5) is 9.59 Å². The molecular formula is C64H111N13O18. The first kappa shape index (κ1) is 83.5. The van der Waals surface area contributed by atoms with Crippen molar-refractivity contribution in [3.63, 3.8) is 0 Å². The summed E-state index contributed by atoms with van der Waals surface area (Å²) in [5, 5.41) is 50.4. The van der Waals surface area contributed by atoms with Crippen LogP contribution in [0.2, 0.25) is 0 Å². The molecule has 0 unspecified atom stereocenters. The molecule has 0 aromatic carbocycles. The quantitative estimate of drug-likeness (QED) is 0.0179. The molecule has 0 aromatic heterocycles. The minimum Gasteiger partial charge on any atom is -0.481 e. The van der Waals surface area contributed by atoms with Crippen LogP contribution in [-0.4, -0.2) is 204 Å². The van der Waals surface area contributed by atoms with Crippen molar-refractivity contribution in [2.45, 2.75) is 193 Å². The molecule has 31 heteroatoms. The Morgan fingerprint density at radius 3 is 1.45 bits per heavy atom. The Balaban J connectivity index is 1.89. The van der Waals surface area contributed by atoms with Gasteiger partial charge in [0.25, 0.3) is 0 Å². The number of hydrogen-bond donors (Lipinski definition) is 14. The zero-order chi connectivity index (χ0) is 70.7. The third kappa shape index (κ3) is 33.6. The summed E-state index contributed by atoms with van der Waals surface area (Å²) >= 11 is 0. The molecule has 11 atom stereocenters. The highest BCUT2D eigenvalue weighted by Crippen LogP contribution is 2.45. The van der Waals surface area contributed by atoms with Crippen molar-refractivity contribution in [3.8, 4) is 12.3 Å². The predicted octanol–water partition coefficient (Wildman–Crippen LogP) is 1.91. The lowest BCUT2D eigenvalue weighted by atomic mass is 9.77. The van der Waals surface area contributed by atoms with Crippen molar-refractivity contribution in [1.82, 2.24) is 42.5 Å². The van der Waals surface area contributed by atoms with Crippen LogP contribution in [0.15, 0.2) is 4.99 Å². The third-order valence-corrected chi connectivity index (χ3v) is 17.1. The smallest absolute Gasteiger partial charge is 0.407 e. The van der Waals surface area contributed by atoms with Gasteiger partial charge >= 0.3 is 24.1 Å². The number of terminal acetylenes is 1. The summed E-state index contributed by atoms with van der Waals surface area (Å²) in [5.74, 6) is -7.15. The van der Waals surface area contributed by atoms with E-state index < -0.39 is 114 Å². The number of nitrogens with two attached hydrogens (primary N) is 3. The number of aliphatic carboxylic acids is 2. The van der Waals surface area contributed by atoms with E-state index in [0.29, 0.717) is 110 Å². The maximum Gasteiger partial charge on any atom is 0.407 e. The molecule has 95 heavy (non-hydrogen) atoms. The minimum atomic E-state index is -1.19. The standard InChI is InChI=1S/C64H111N13O18/c1-8-28-90-30-32-92-34-35-93-33-31-91-29-23-51(81)76-47(21-22-50(80)69-24-17-13-15-19-27-72-64(89)95-58-46(61(86)87)38-48(77-62(67)68)54(58)56(75-41(7)79)43(11-4)12-5)59(83)73-39-52(82)70-25-18-14-16-20-26-71-63(88)94-57-45(60(84)85)36-44(37-49(65)66)53(57)55(74-40(6)78)42(9-2)10-3/h1,42-48,53-58H,9-39H2,2-7H3,(H3,65,66)(H,69,80)(H,70,82)(H,71,88)(H,72,89)(H,73,83)(H,74,78)(H,75,79)(H,76,81)(H,84,85)(H,86,87)(H4,67,68,77)/t44-,45-,46-,47+,48+,53+,54+,55-,56-,57+,58+/m0/s1. The molecule has 8 amide bonds. The highest BCUT2D eigenvalue weighted by molar-refractivity contribution is 5.91. The van der Waals surface area contributed by atoms with Gasteiger partial charge in [-0.15, -0.1) is 6.42 Å². The lowest BCUT2D eigenvalue weighted by Crippen LogP contribution is -2.52. The first-order valence-electron chi connectivity index (χ1n) is 33.6. The van der Waals surface area contributed by atoms with Crippen molar-refractivity contribution in [2.75, 3.05) is 85.6 Å². The molecule has 2 saturated carbocycles. The molecule has 0 saturated heterocycles. The third-order valence-electron chi connectivity index (χ3n) is 17.1. The molecule has 2 fully saturated rings. The second kappa shape index (κ2) is 48.2. The van der Waals surface area contributed by atoms with E-state index >= 15 is 0 Å². The maximum absolute atomic E-state index is 13.5. The molecule has 0 bridgehead atoms. The monoisotopic (exact) mass is 1350 g/mol. The highest BCUT2D eigenvalue weighted by Gasteiger charge is 2.55. The molecule has 2 aliphatic carbocycles. The molecule has 0 heterocycles. The average Bonchev–Trinajstić information content (AvgIpc) is 1.65. The Morgan fingerprint density at radius 1 is 0.558 bits per heavy atom. The first-order valence-corrected chi connectivity index (χ1v) is 33.6. The number of alkyl carbamates (subject to hydrolysis) is 2. The van der Waals surface area contributed by atoms with Gasteiger partial charge in [-0.05, 0) is 62.7 Å². The van der Waals surface area contributed by atoms with Gasteiger partial charge in [-0.25, -0.2) is 14.6 Å². The number of carbonyl (C=O) groups excluding carboxylic acids is 8. The number of guanidine groups is 1. The van der Waals surface area contributed by atoms with Crippen LogP contribution >= 0.6 is 0 Å². The van der Waals surface area contributed by atoms with Crippen molar-refractivity contribution >= 4 is 71.4 Å². The number of nitrogens with one attached hydrogen (secondary N) is 9. The van der Waals surface area contributed by atoms with E-state index in [0.717, 1.165) is 0 Å². The molecule has 17 N–H and O–H groups in total. The van der Waals surface area contributed by atoms with Gasteiger partial charge in [0, 0.05) is 83.2 Å². The van der Waals surface area contributed by atoms with Gasteiger partial charge in [0.2, 0.25) is 35.4 Å². The number of carboxylic acid groups (broad SMARTS) is 2. The molecular weight excluding hydrogens is 1240 g/mol. The molecule has 31 nitrogen and oxygen atoms in total. The van der Waals surface area contributed by atoms with Gasteiger partial charge in [0.15, 0.2) is 5.96 Å². The summed E-state index contributed by atoms with van der Waals surface area (Å²) in [5.41, 5.74) is 17.3. The number of ether oxygens (including phenoxy) is 6. The minimum absolute atomic E-state index is 0.00533. The summed E-state index contributed by atoms with van der Waals surface area (Å²) in [6.45, 7) is 13.2. The normalized spacial score (nSPS) is 19.8. The number of aliphatic imine (C=N–C) groups is 1. The Hall–Kier alpha value is -7.56. The van der Waals surface area contributed by atoms with E-state index in [4.69, 9.17) is 57.5 Å². The number of carboxylic acids is 2. The van der Waals surface area contributed by atoms with Gasteiger partial charge < -0.3 is 98.4 Å². The van der Waals surface area contributed by atoms with Crippen molar-refractivity contribution in [3.05, 3.63) is 0 Å². The molecule has 2 aliphatic rings. The number of nitrogens with zero attached hydrogens (tertiary/aromatic N) is 1. The number of unbranched alkanes of at least 4 members (excludes halogenated alkanes) is 6. The molecule has 2 rings (SSSR count). The second-order valence-electron chi connectivity index (χ2n) is 24.1. The maximum atomic E-state index is 13.5. The Kier molecular flexibility index (Phi) is 42.4. The van der Waals surface area contributed by atoms with E-state index in [-0.39, 0.29) is 126 Å². The molecule has 0 spiro atoms. The van der Waals surface area contributed by atoms with Crippen LogP contribution in [0.25, 0.3) is 0 Å². The number of rotatable bonds is 51. The van der Waals surface area contributed by atoms with Crippen LogP contribution in [-0.2, 0) is 66.8 Å². The van der Waals surface area contributed by atoms with E-state index in [1.807, 2.05) is 27.7 Å². The van der Waals surface area contributed by atoms with Crippen LogP contribution in [0.3, 0.4) is 0 Å². The van der Waals surface area contributed by atoms with Crippen LogP contribution in [0.1, 0.15) is 157 Å². The number of hydrogen-bond acceptors (Lipinski definition) is 18. The topological polar surface area (TPSA) is 477 Å². The largest absolute Gasteiger partial charge is 0.481 e. The van der Waals surface area contributed by atoms with E-state index in [1.54, 1.807) is 0 Å². The van der Waals surface area contributed by atoms with Crippen molar-refractivity contribution in [1.29, 1.82) is 5.41 Å². The zero-order valence-electron chi connectivity index (χ0n) is 56.6. The summed E-state index contributed by atoms with van der Waals surface area (Å²) < 4.78 is 33.2. The fourth-order valence-corrected chi connectivity index (χ4v) is 12.5. The summed E-state index contributed by atoms with van der Waals surface area (Å²) in [6, 6.07) is -3.01. The van der Waals surface area contributed by atoms with E-state index in [9.17, 15) is 58.2 Å². The second-order valence-corrected chi connectivity index (χ2v) is 24.1. The van der Waals surface area contributed by atoms with Crippen LogP contribution < -0.4 is 59.7 Å². The summed E-state index contributed by atoms with van der Waals surface area (Å²) in [6.07, 6.45) is 8.64. The molecule has 0 radical (unpaired) electrons. The Bertz CT molecular complexity index is 2460. The van der Waals surface area contributed by atoms with E-state index in [2.05, 4.69) is 53.4 Å². The van der Waals surface area contributed by atoms with Gasteiger partial charge in [-0.1, -0.05) is 85.0 Å². The van der Waals surface area contributed by atoms with Crippen LogP contribution in [0, 0.1) is 59.2 Å². The fraction of sp³-hybridized carbons (Fsp3) is 0.781. The highest BCUT2D eigenvalue weighted by atomic mass is 16.6. The summed E-state index contributed by atoms with van der Waals surface area (Å²) in [4.78, 5) is 133. The number of carbonyl (C=O) groups is 10. The lowest BCUT2D eigenvalue weighted by molar-refractivity contribution is -0.146. The first-order chi connectivity index (χ1) is 45.4. The lowest BCUT2D eigenvalue weighted by Gasteiger charge is -2.37. The summed E-state index contributed by atoms with van der Waals surface area (Å²) in [7, 11) is 0. The number of amides is 8. The molecule has 540 valence electrons. The van der Waals surface area contributed by atoms with Gasteiger partial charge in [-0.3, -0.25) is 43.8 Å². The SMILES string of the molecule is C#CCOCCOCCOCCOCCC(=O)N[C@H](CCC(=O)NCCCCCCNC(=O)O[C@H]1[C@@H]([C@@H](NC(C)=O)C(CC)CC)[C@H](N=C(N)N)C[C@@H]1C(=O)O)C(=O)NCC(=O)NCCCCCCNC(=O)O[C@H]1[C@@H]([C@@H](NC(C)=O)C(CC)CC)[C@H](CC(=N)N)C[C@@H]1C(=O)O. The Morgan fingerprint density at radius 2 is 1.00 bits per heavy atom. The van der Waals surface area contributed by atoms with Crippen molar-refractivity contribution in [2.24, 2.45) is 63.6 Å². The predicted molar refractivity (Wildman–Crippen MR) is 352 cm³/mol. The van der Waals surface area contributed by atoms with Gasteiger partial charge in [-0.2, -0.15) is 0 Å². The van der Waals surface area contributed by atoms with Gasteiger partial charge in [0.05, 0.1) is 76.5 Å². The Labute approximate surface area is 559 Å². The van der Waals surface area contributed by atoms with Crippen LogP contribution in [0.5, 0.6) is 0 Å². The average molecular weight is 1350 g/mol. The molecule has 0 aromatic rings. The van der Waals surface area contributed by atoms with Gasteiger partial charge in [0.1, 0.15) is 24.9 Å².